The Morgan fingerprint density at radius 1 is 1.30 bits per heavy atom. The average Bonchev–Trinajstić information content (AvgIpc) is 3.16. The molecule has 134 valence electrons. The second kappa shape index (κ2) is 8.82. The lowest BCUT2D eigenvalue weighted by atomic mass is 9.81. The quantitative estimate of drug-likeness (QED) is 0.342. The van der Waals surface area contributed by atoms with Gasteiger partial charge in [-0.05, 0) is 39.0 Å². The van der Waals surface area contributed by atoms with Crippen LogP contribution in [0, 0.1) is 5.41 Å². The molecule has 0 radical (unpaired) electrons. The van der Waals surface area contributed by atoms with E-state index in [1.54, 1.807) is 0 Å². The molecule has 3 aliphatic heterocycles. The second-order valence-corrected chi connectivity index (χ2v) is 6.83. The van der Waals surface area contributed by atoms with Crippen LogP contribution in [-0.4, -0.2) is 62.2 Å². The molecule has 3 rings (SSSR count). The molecule has 3 atom stereocenters. The molecule has 3 heterocycles. The van der Waals surface area contributed by atoms with Crippen molar-refractivity contribution in [1.29, 1.82) is 0 Å². The predicted octanol–water partition coefficient (Wildman–Crippen LogP) is 1.27. The monoisotopic (exact) mass is 439 g/mol. The Balaban J connectivity index is 0.00000192. The lowest BCUT2D eigenvalue weighted by Crippen LogP contribution is -2.48. The molecule has 3 unspecified atom stereocenters. The number of hydrogen-bond acceptors (Lipinski definition) is 4. The Hall–Kier alpha value is -0.120. The number of halogens is 1. The van der Waals surface area contributed by atoms with E-state index in [4.69, 9.17) is 14.5 Å². The molecule has 0 aromatic rings. The summed E-state index contributed by atoms with van der Waals surface area (Å²) < 4.78 is 11.3. The van der Waals surface area contributed by atoms with Crippen molar-refractivity contribution >= 4 is 29.9 Å². The van der Waals surface area contributed by atoms with Crippen molar-refractivity contribution in [1.82, 2.24) is 10.6 Å². The molecule has 6 nitrogen and oxygen atoms in total. The number of aliphatic imine (C=N–C) groups is 1. The summed E-state index contributed by atoms with van der Waals surface area (Å²) in [6.45, 7) is 5.18. The van der Waals surface area contributed by atoms with Gasteiger partial charge in [0.1, 0.15) is 0 Å². The maximum Gasteiger partial charge on any atom is 0.191 e. The van der Waals surface area contributed by atoms with E-state index in [9.17, 15) is 5.11 Å². The van der Waals surface area contributed by atoms with Crippen molar-refractivity contribution in [3.63, 3.8) is 0 Å². The van der Waals surface area contributed by atoms with Gasteiger partial charge in [0.2, 0.25) is 0 Å². The molecule has 3 saturated heterocycles. The van der Waals surface area contributed by atoms with Gasteiger partial charge in [-0.2, -0.15) is 0 Å². The topological polar surface area (TPSA) is 75.1 Å². The highest BCUT2D eigenvalue weighted by atomic mass is 127. The number of rotatable bonds is 5. The van der Waals surface area contributed by atoms with Crippen molar-refractivity contribution in [2.75, 3.05) is 32.9 Å². The van der Waals surface area contributed by atoms with Crippen LogP contribution < -0.4 is 10.6 Å². The second-order valence-electron chi connectivity index (χ2n) is 6.83. The molecular formula is C16H30IN3O3. The van der Waals surface area contributed by atoms with Gasteiger partial charge < -0.3 is 25.2 Å². The fraction of sp³-hybridized carbons (Fsp3) is 0.938. The van der Waals surface area contributed by atoms with E-state index in [0.29, 0.717) is 24.8 Å². The largest absolute Gasteiger partial charge is 0.396 e. The highest BCUT2D eigenvalue weighted by molar-refractivity contribution is 14.0. The fourth-order valence-corrected chi connectivity index (χ4v) is 3.70. The number of guanidine groups is 1. The van der Waals surface area contributed by atoms with Crippen molar-refractivity contribution in [3.05, 3.63) is 0 Å². The smallest absolute Gasteiger partial charge is 0.191 e. The van der Waals surface area contributed by atoms with E-state index in [0.717, 1.165) is 51.4 Å². The summed E-state index contributed by atoms with van der Waals surface area (Å²) >= 11 is 0. The molecule has 0 aromatic heterocycles. The van der Waals surface area contributed by atoms with E-state index in [1.165, 1.54) is 6.42 Å². The lowest BCUT2D eigenvalue weighted by molar-refractivity contribution is -0.0106. The highest BCUT2D eigenvalue weighted by Crippen LogP contribution is 2.34. The van der Waals surface area contributed by atoms with Gasteiger partial charge in [-0.15, -0.1) is 24.0 Å². The Kier molecular flexibility index (Phi) is 7.37. The summed E-state index contributed by atoms with van der Waals surface area (Å²) in [5.41, 5.74) is -0.119. The van der Waals surface area contributed by atoms with Crippen LogP contribution in [-0.2, 0) is 9.47 Å². The summed E-state index contributed by atoms with van der Waals surface area (Å²) in [7, 11) is 0. The van der Waals surface area contributed by atoms with Crippen LogP contribution in [0.25, 0.3) is 0 Å². The number of nitrogens with zero attached hydrogens (tertiary/aromatic N) is 1. The van der Waals surface area contributed by atoms with Gasteiger partial charge >= 0.3 is 0 Å². The van der Waals surface area contributed by atoms with Crippen LogP contribution in [0.1, 0.15) is 39.0 Å². The number of ether oxygens (including phenoxy) is 2. The van der Waals surface area contributed by atoms with E-state index in [-0.39, 0.29) is 36.0 Å². The predicted molar refractivity (Wildman–Crippen MR) is 100 cm³/mol. The Morgan fingerprint density at radius 2 is 2.09 bits per heavy atom. The molecule has 0 saturated carbocycles. The summed E-state index contributed by atoms with van der Waals surface area (Å²) in [4.78, 5) is 4.75. The first kappa shape index (κ1) is 19.2. The molecule has 0 aliphatic carbocycles. The van der Waals surface area contributed by atoms with E-state index in [1.807, 2.05) is 0 Å². The normalized spacial score (nSPS) is 32.4. The fourth-order valence-electron chi connectivity index (χ4n) is 3.70. The minimum atomic E-state index is -0.119. The Labute approximate surface area is 155 Å². The van der Waals surface area contributed by atoms with Gasteiger partial charge in [0, 0.05) is 25.2 Å². The third-order valence-corrected chi connectivity index (χ3v) is 5.23. The van der Waals surface area contributed by atoms with E-state index < -0.39 is 0 Å². The first-order valence-corrected chi connectivity index (χ1v) is 8.63. The average molecular weight is 439 g/mol. The van der Waals surface area contributed by atoms with Crippen molar-refractivity contribution in [3.8, 4) is 0 Å². The summed E-state index contributed by atoms with van der Waals surface area (Å²) in [5, 5.41) is 16.6. The summed E-state index contributed by atoms with van der Waals surface area (Å²) in [6.07, 6.45) is 5.96. The van der Waals surface area contributed by atoms with Gasteiger partial charge in [0.05, 0.1) is 31.4 Å². The van der Waals surface area contributed by atoms with Crippen LogP contribution in [0.2, 0.25) is 0 Å². The number of hydrogen-bond donors (Lipinski definition) is 3. The molecule has 0 aromatic carbocycles. The van der Waals surface area contributed by atoms with Gasteiger partial charge in [0.25, 0.3) is 0 Å². The number of nitrogens with one attached hydrogen (secondary N) is 2. The third-order valence-electron chi connectivity index (χ3n) is 5.23. The van der Waals surface area contributed by atoms with Crippen LogP contribution in [0.15, 0.2) is 4.99 Å². The number of aliphatic hydroxyl groups is 1. The highest BCUT2D eigenvalue weighted by Gasteiger charge is 2.41. The molecule has 3 aliphatic rings. The zero-order valence-electron chi connectivity index (χ0n) is 13.9. The first-order chi connectivity index (χ1) is 10.7. The maximum atomic E-state index is 9.77. The van der Waals surface area contributed by atoms with E-state index >= 15 is 0 Å². The van der Waals surface area contributed by atoms with Gasteiger partial charge in [-0.1, -0.05) is 0 Å². The van der Waals surface area contributed by atoms with Crippen LogP contribution in [0.3, 0.4) is 0 Å². The molecule has 23 heavy (non-hydrogen) atoms. The zero-order valence-corrected chi connectivity index (χ0v) is 16.3. The first-order valence-electron chi connectivity index (χ1n) is 8.63. The molecule has 3 N–H and O–H groups in total. The molecule has 2 bridgehead atoms. The minimum Gasteiger partial charge on any atom is -0.396 e. The molecule has 0 spiro atoms. The number of aliphatic hydroxyl groups excluding tert-OH is 1. The van der Waals surface area contributed by atoms with Gasteiger partial charge in [-0.3, -0.25) is 4.99 Å². The van der Waals surface area contributed by atoms with Crippen LogP contribution in [0.4, 0.5) is 0 Å². The summed E-state index contributed by atoms with van der Waals surface area (Å²) in [5.74, 6) is 0.850. The Bertz CT molecular complexity index is 402. The molecule has 0 amide bonds. The standard InChI is InChI=1S/C16H29N3O3.HI/c1-2-17-15(19-13-9-12-3-4-14(13)22-12)18-10-16(11-20)5-7-21-8-6-16;/h12-14,20H,2-11H2,1H3,(H2,17,18,19);1H. The van der Waals surface area contributed by atoms with E-state index in [2.05, 4.69) is 17.6 Å². The lowest BCUT2D eigenvalue weighted by Gasteiger charge is -2.34. The van der Waals surface area contributed by atoms with Crippen LogP contribution >= 0.6 is 24.0 Å². The third kappa shape index (κ3) is 4.70. The van der Waals surface area contributed by atoms with Crippen molar-refractivity contribution < 1.29 is 14.6 Å². The van der Waals surface area contributed by atoms with Gasteiger partial charge in [0.15, 0.2) is 5.96 Å². The number of fused-ring (bicyclic) bond motifs is 2. The minimum absolute atomic E-state index is 0. The molecular weight excluding hydrogens is 409 g/mol. The van der Waals surface area contributed by atoms with Gasteiger partial charge in [-0.25, -0.2) is 0 Å². The van der Waals surface area contributed by atoms with Crippen molar-refractivity contribution in [2.45, 2.75) is 57.3 Å². The molecule has 7 heteroatoms. The SMILES string of the molecule is CCNC(=NCC1(CO)CCOCC1)NC1CC2CCC1O2.I. The zero-order chi connectivity index (χ0) is 15.4. The van der Waals surface area contributed by atoms with Crippen molar-refractivity contribution in [2.24, 2.45) is 10.4 Å². The van der Waals surface area contributed by atoms with Crippen LogP contribution in [0.5, 0.6) is 0 Å². The molecule has 3 fully saturated rings. The summed E-state index contributed by atoms with van der Waals surface area (Å²) in [6, 6.07) is 0.372. The Morgan fingerprint density at radius 3 is 2.65 bits per heavy atom. The maximum absolute atomic E-state index is 9.77.